The van der Waals surface area contributed by atoms with E-state index in [1.807, 2.05) is 0 Å². The molecule has 1 rings (SSSR count). The lowest BCUT2D eigenvalue weighted by atomic mass is 10.0. The molecule has 0 saturated heterocycles. The zero-order valence-electron chi connectivity index (χ0n) is 10.6. The normalized spacial score (nSPS) is 12.3. The number of nitrogens with zero attached hydrogens (tertiary/aromatic N) is 2. The van der Waals surface area contributed by atoms with Crippen molar-refractivity contribution in [3.8, 4) is 0 Å². The smallest absolute Gasteiger partial charge is 0.394 e. The third-order valence-electron chi connectivity index (χ3n) is 2.54. The van der Waals surface area contributed by atoms with Gasteiger partial charge in [0.1, 0.15) is 17.2 Å². The van der Waals surface area contributed by atoms with Crippen molar-refractivity contribution in [1.82, 2.24) is 9.97 Å². The van der Waals surface area contributed by atoms with Crippen LogP contribution in [0.5, 0.6) is 0 Å². The lowest BCUT2D eigenvalue weighted by Gasteiger charge is -2.29. The summed E-state index contributed by atoms with van der Waals surface area (Å²) < 4.78 is 37.9. The molecule has 0 aliphatic carbocycles. The molecule has 1 heterocycles. The standard InChI is InChI=1S/C10H15F3N4O3/c1-14-6-2-7(16-8(15-6)10(11,12)13)17-9(3-18,4-19)5-20/h2,18-20H,3-5H2,1H3,(H2,14,15,16,17). The van der Waals surface area contributed by atoms with Gasteiger partial charge in [-0.3, -0.25) is 0 Å². The molecule has 0 saturated carbocycles. The van der Waals surface area contributed by atoms with Gasteiger partial charge in [-0.2, -0.15) is 13.2 Å². The number of nitrogens with one attached hydrogen (secondary N) is 2. The number of aliphatic hydroxyl groups excluding tert-OH is 3. The molecule has 114 valence electrons. The Kier molecular flexibility index (Phi) is 5.09. The number of alkyl halides is 3. The van der Waals surface area contributed by atoms with Gasteiger partial charge in [-0.25, -0.2) is 9.97 Å². The van der Waals surface area contributed by atoms with Crippen LogP contribution in [0.25, 0.3) is 0 Å². The van der Waals surface area contributed by atoms with Crippen molar-refractivity contribution in [3.05, 3.63) is 11.9 Å². The summed E-state index contributed by atoms with van der Waals surface area (Å²) in [5.74, 6) is -1.76. The highest BCUT2D eigenvalue weighted by molar-refractivity contribution is 5.49. The zero-order valence-corrected chi connectivity index (χ0v) is 10.6. The first kappa shape index (κ1) is 16.4. The zero-order chi connectivity index (χ0) is 15.4. The van der Waals surface area contributed by atoms with Gasteiger partial charge in [0.15, 0.2) is 0 Å². The van der Waals surface area contributed by atoms with Crippen LogP contribution in [0.4, 0.5) is 24.8 Å². The van der Waals surface area contributed by atoms with E-state index < -0.39 is 37.4 Å². The van der Waals surface area contributed by atoms with Crippen LogP contribution in [0.15, 0.2) is 6.07 Å². The molecule has 1 aromatic rings. The molecule has 0 radical (unpaired) electrons. The van der Waals surface area contributed by atoms with Crippen LogP contribution in [-0.2, 0) is 6.18 Å². The monoisotopic (exact) mass is 296 g/mol. The van der Waals surface area contributed by atoms with Gasteiger partial charge in [-0.05, 0) is 0 Å². The van der Waals surface area contributed by atoms with Crippen molar-refractivity contribution in [2.75, 3.05) is 37.5 Å². The van der Waals surface area contributed by atoms with Crippen LogP contribution < -0.4 is 10.6 Å². The Morgan fingerprint density at radius 2 is 1.55 bits per heavy atom. The van der Waals surface area contributed by atoms with E-state index in [0.29, 0.717) is 0 Å². The Bertz CT molecular complexity index is 444. The third kappa shape index (κ3) is 3.68. The fraction of sp³-hybridized carbons (Fsp3) is 0.600. The van der Waals surface area contributed by atoms with Gasteiger partial charge in [-0.15, -0.1) is 0 Å². The average molecular weight is 296 g/mol. The number of halogens is 3. The van der Waals surface area contributed by atoms with Crippen LogP contribution in [0.3, 0.4) is 0 Å². The molecule has 10 heteroatoms. The number of aliphatic hydroxyl groups is 3. The average Bonchev–Trinajstić information content (AvgIpc) is 2.43. The summed E-state index contributed by atoms with van der Waals surface area (Å²) in [6, 6.07) is 1.16. The van der Waals surface area contributed by atoms with E-state index in [9.17, 15) is 13.2 Å². The Morgan fingerprint density at radius 1 is 1.05 bits per heavy atom. The molecule has 0 aromatic carbocycles. The molecular weight excluding hydrogens is 281 g/mol. The topological polar surface area (TPSA) is 111 Å². The van der Waals surface area contributed by atoms with E-state index in [4.69, 9.17) is 15.3 Å². The van der Waals surface area contributed by atoms with Gasteiger partial charge in [0, 0.05) is 13.1 Å². The second-order valence-corrected chi connectivity index (χ2v) is 4.09. The van der Waals surface area contributed by atoms with E-state index >= 15 is 0 Å². The summed E-state index contributed by atoms with van der Waals surface area (Å²) in [5, 5.41) is 32.2. The molecule has 0 aliphatic rings. The second kappa shape index (κ2) is 6.20. The lowest BCUT2D eigenvalue weighted by molar-refractivity contribution is -0.144. The fourth-order valence-electron chi connectivity index (χ4n) is 1.31. The van der Waals surface area contributed by atoms with Crippen molar-refractivity contribution >= 4 is 11.6 Å². The SMILES string of the molecule is CNc1cc(NC(CO)(CO)CO)nc(C(F)(F)F)n1. The molecule has 7 nitrogen and oxygen atoms in total. The number of anilines is 2. The maximum absolute atomic E-state index is 12.6. The molecule has 0 spiro atoms. The number of aromatic nitrogens is 2. The molecule has 0 atom stereocenters. The van der Waals surface area contributed by atoms with Gasteiger partial charge in [0.05, 0.1) is 19.8 Å². The summed E-state index contributed by atoms with van der Waals surface area (Å²) in [6.45, 7) is -2.08. The highest BCUT2D eigenvalue weighted by Crippen LogP contribution is 2.28. The Hall–Kier alpha value is -1.65. The predicted molar refractivity (Wildman–Crippen MR) is 64.2 cm³/mol. The Morgan fingerprint density at radius 3 is 1.95 bits per heavy atom. The lowest BCUT2D eigenvalue weighted by Crippen LogP contribution is -2.49. The van der Waals surface area contributed by atoms with Crippen molar-refractivity contribution in [3.63, 3.8) is 0 Å². The molecular formula is C10H15F3N4O3. The molecule has 5 N–H and O–H groups in total. The fourth-order valence-corrected chi connectivity index (χ4v) is 1.31. The molecule has 0 amide bonds. The minimum Gasteiger partial charge on any atom is -0.394 e. The maximum atomic E-state index is 12.6. The van der Waals surface area contributed by atoms with Gasteiger partial charge >= 0.3 is 6.18 Å². The van der Waals surface area contributed by atoms with Crippen molar-refractivity contribution in [2.24, 2.45) is 0 Å². The van der Waals surface area contributed by atoms with Crippen LogP contribution in [-0.4, -0.2) is 57.7 Å². The van der Waals surface area contributed by atoms with Gasteiger partial charge in [-0.1, -0.05) is 0 Å². The first-order valence-corrected chi connectivity index (χ1v) is 5.55. The van der Waals surface area contributed by atoms with Crippen molar-refractivity contribution in [2.45, 2.75) is 11.7 Å². The highest BCUT2D eigenvalue weighted by atomic mass is 19.4. The van der Waals surface area contributed by atoms with Crippen molar-refractivity contribution < 1.29 is 28.5 Å². The largest absolute Gasteiger partial charge is 0.451 e. The van der Waals surface area contributed by atoms with Crippen LogP contribution in [0.2, 0.25) is 0 Å². The Labute approximate surface area is 112 Å². The van der Waals surface area contributed by atoms with Crippen LogP contribution in [0, 0.1) is 0 Å². The second-order valence-electron chi connectivity index (χ2n) is 4.09. The first-order chi connectivity index (χ1) is 9.30. The number of hydrogen-bond acceptors (Lipinski definition) is 7. The van der Waals surface area contributed by atoms with Crippen LogP contribution >= 0.6 is 0 Å². The maximum Gasteiger partial charge on any atom is 0.451 e. The summed E-state index contributed by atoms with van der Waals surface area (Å²) in [7, 11) is 1.38. The van der Waals surface area contributed by atoms with Gasteiger partial charge < -0.3 is 26.0 Å². The minimum atomic E-state index is -4.75. The molecule has 0 aliphatic heterocycles. The predicted octanol–water partition coefficient (Wildman–Crippen LogP) is -0.335. The summed E-state index contributed by atoms with van der Waals surface area (Å²) >= 11 is 0. The van der Waals surface area contributed by atoms with E-state index in [0.717, 1.165) is 6.07 Å². The molecule has 0 bridgehead atoms. The first-order valence-electron chi connectivity index (χ1n) is 5.55. The third-order valence-corrected chi connectivity index (χ3v) is 2.54. The Balaban J connectivity index is 3.18. The molecule has 1 aromatic heterocycles. The molecule has 0 fully saturated rings. The number of rotatable bonds is 6. The quantitative estimate of drug-likeness (QED) is 0.488. The summed E-state index contributed by atoms with van der Waals surface area (Å²) in [4.78, 5) is 6.52. The summed E-state index contributed by atoms with van der Waals surface area (Å²) in [5.41, 5.74) is -1.58. The van der Waals surface area contributed by atoms with Crippen molar-refractivity contribution in [1.29, 1.82) is 0 Å². The van der Waals surface area contributed by atoms with Gasteiger partial charge in [0.2, 0.25) is 5.82 Å². The van der Waals surface area contributed by atoms with E-state index in [2.05, 4.69) is 20.6 Å². The summed E-state index contributed by atoms with van der Waals surface area (Å²) in [6.07, 6.45) is -4.75. The number of hydrogen-bond donors (Lipinski definition) is 5. The van der Waals surface area contributed by atoms with Gasteiger partial charge in [0.25, 0.3) is 0 Å². The van der Waals surface area contributed by atoms with E-state index in [1.165, 1.54) is 7.05 Å². The molecule has 0 unspecified atom stereocenters. The minimum absolute atomic E-state index is 0.0995. The van der Waals surface area contributed by atoms with E-state index in [1.54, 1.807) is 0 Å². The van der Waals surface area contributed by atoms with E-state index in [-0.39, 0.29) is 11.6 Å². The molecule has 20 heavy (non-hydrogen) atoms. The van der Waals surface area contributed by atoms with Crippen LogP contribution in [0.1, 0.15) is 5.82 Å². The highest BCUT2D eigenvalue weighted by Gasteiger charge is 2.36.